The van der Waals surface area contributed by atoms with E-state index in [0.29, 0.717) is 0 Å². The molecule has 0 saturated heterocycles. The Morgan fingerprint density at radius 3 is 2.00 bits per heavy atom. The van der Waals surface area contributed by atoms with E-state index >= 15 is 0 Å². The van der Waals surface area contributed by atoms with Crippen LogP contribution in [0.2, 0.25) is 0 Å². The van der Waals surface area contributed by atoms with Gasteiger partial charge in [-0.2, -0.15) is 0 Å². The second kappa shape index (κ2) is 7.04. The fourth-order valence-corrected chi connectivity index (χ4v) is 6.23. The van der Waals surface area contributed by atoms with Crippen molar-refractivity contribution in [2.24, 2.45) is 0 Å². The molecule has 2 aromatic carbocycles. The van der Waals surface area contributed by atoms with Gasteiger partial charge in [0.1, 0.15) is 0 Å². The molecule has 0 aliphatic heterocycles. The number of benzene rings is 2. The first-order valence-corrected chi connectivity index (χ1v) is 9.39. The van der Waals surface area contributed by atoms with Crippen LogP contribution < -0.4 is 5.30 Å². The van der Waals surface area contributed by atoms with Gasteiger partial charge < -0.3 is 0 Å². The van der Waals surface area contributed by atoms with E-state index in [1.807, 2.05) is 0 Å². The highest BCUT2D eigenvalue weighted by atomic mass is 31.1. The molecule has 1 aliphatic rings. The maximum absolute atomic E-state index is 2.35. The highest BCUT2D eigenvalue weighted by Gasteiger charge is 2.24. The van der Waals surface area contributed by atoms with E-state index in [-0.39, 0.29) is 7.92 Å². The van der Waals surface area contributed by atoms with E-state index in [1.54, 1.807) is 5.30 Å². The van der Waals surface area contributed by atoms with Crippen LogP contribution in [0.3, 0.4) is 0 Å². The van der Waals surface area contributed by atoms with Crippen molar-refractivity contribution in [3.05, 3.63) is 66.2 Å². The molecular weight excluding hydrogens is 259 g/mol. The molecule has 0 amide bonds. The summed E-state index contributed by atoms with van der Waals surface area (Å²) in [6.45, 7) is 0. The second-order valence-corrected chi connectivity index (χ2v) is 8.24. The summed E-state index contributed by atoms with van der Waals surface area (Å²) in [6.07, 6.45) is 8.45. The summed E-state index contributed by atoms with van der Waals surface area (Å²) in [5.41, 5.74) is 2.44. The lowest BCUT2D eigenvalue weighted by atomic mass is 10.0. The van der Waals surface area contributed by atoms with Crippen molar-refractivity contribution in [1.82, 2.24) is 0 Å². The molecule has 1 saturated carbocycles. The number of hydrogen-bond donors (Lipinski definition) is 0. The molecule has 1 heteroatoms. The standard InChI is InChI=1S/C19H23P/c1-4-10-17(11-5-1)16-20(18-12-6-2-7-13-18)19-14-8-3-9-15-19/h1-2,4-7,10-13,19H,3,8-9,14-16H2. The van der Waals surface area contributed by atoms with E-state index in [9.17, 15) is 0 Å². The van der Waals surface area contributed by atoms with Gasteiger partial charge >= 0.3 is 0 Å². The van der Waals surface area contributed by atoms with Crippen molar-refractivity contribution in [1.29, 1.82) is 0 Å². The first kappa shape index (κ1) is 13.8. The fraction of sp³-hybridized carbons (Fsp3) is 0.368. The SMILES string of the molecule is c1ccc(CP(c2ccccc2)C2CCCCC2)cc1. The van der Waals surface area contributed by atoms with Gasteiger partial charge in [0.05, 0.1) is 0 Å². The highest BCUT2D eigenvalue weighted by molar-refractivity contribution is 7.65. The highest BCUT2D eigenvalue weighted by Crippen LogP contribution is 2.49. The van der Waals surface area contributed by atoms with E-state index in [2.05, 4.69) is 60.7 Å². The number of rotatable bonds is 4. The van der Waals surface area contributed by atoms with E-state index in [0.717, 1.165) is 5.66 Å². The largest absolute Gasteiger partial charge is 0.0677 e. The molecule has 20 heavy (non-hydrogen) atoms. The quantitative estimate of drug-likeness (QED) is 0.665. The molecule has 0 spiro atoms. The van der Waals surface area contributed by atoms with Crippen LogP contribution in [0.5, 0.6) is 0 Å². The van der Waals surface area contributed by atoms with Gasteiger partial charge in [-0.15, -0.1) is 0 Å². The third kappa shape index (κ3) is 3.49. The molecule has 0 N–H and O–H groups in total. The Balaban J connectivity index is 1.83. The van der Waals surface area contributed by atoms with Crippen LogP contribution in [-0.2, 0) is 6.16 Å². The van der Waals surface area contributed by atoms with Gasteiger partial charge in [-0.1, -0.05) is 87.8 Å². The minimum atomic E-state index is -0.0502. The van der Waals surface area contributed by atoms with Crippen molar-refractivity contribution >= 4 is 13.2 Å². The zero-order chi connectivity index (χ0) is 13.6. The molecule has 0 aromatic heterocycles. The molecule has 3 rings (SSSR count). The van der Waals surface area contributed by atoms with Crippen molar-refractivity contribution in [3.63, 3.8) is 0 Å². The van der Waals surface area contributed by atoms with Gasteiger partial charge in [-0.25, -0.2) is 0 Å². The lowest BCUT2D eigenvalue weighted by Gasteiger charge is -2.31. The maximum atomic E-state index is 2.35. The lowest BCUT2D eigenvalue weighted by Crippen LogP contribution is -2.18. The predicted molar refractivity (Wildman–Crippen MR) is 90.0 cm³/mol. The van der Waals surface area contributed by atoms with Crippen LogP contribution in [0.1, 0.15) is 37.7 Å². The Morgan fingerprint density at radius 1 is 0.750 bits per heavy atom. The summed E-state index contributed by atoms with van der Waals surface area (Å²) in [5, 5.41) is 1.60. The number of hydrogen-bond acceptors (Lipinski definition) is 0. The van der Waals surface area contributed by atoms with Crippen LogP contribution in [0.25, 0.3) is 0 Å². The van der Waals surface area contributed by atoms with E-state index in [4.69, 9.17) is 0 Å². The molecule has 1 atom stereocenters. The van der Waals surface area contributed by atoms with Gasteiger partial charge in [0.2, 0.25) is 0 Å². The van der Waals surface area contributed by atoms with Gasteiger partial charge in [0, 0.05) is 0 Å². The van der Waals surface area contributed by atoms with Crippen LogP contribution in [0.4, 0.5) is 0 Å². The monoisotopic (exact) mass is 282 g/mol. The smallest absolute Gasteiger partial charge is 0.00303 e. The average Bonchev–Trinajstić information content (AvgIpc) is 2.55. The summed E-state index contributed by atoms with van der Waals surface area (Å²) >= 11 is 0. The van der Waals surface area contributed by atoms with Gasteiger partial charge in [-0.3, -0.25) is 0 Å². The Morgan fingerprint density at radius 2 is 1.35 bits per heavy atom. The molecule has 1 unspecified atom stereocenters. The molecule has 1 aliphatic carbocycles. The topological polar surface area (TPSA) is 0 Å². The maximum Gasteiger partial charge on any atom is -0.00303 e. The Bertz CT molecular complexity index is 500. The second-order valence-electron chi connectivity index (χ2n) is 5.74. The minimum absolute atomic E-state index is 0.0502. The summed E-state index contributed by atoms with van der Waals surface area (Å²) in [5.74, 6) is 0. The molecule has 2 aromatic rings. The van der Waals surface area contributed by atoms with Gasteiger partial charge in [0.15, 0.2) is 0 Å². The van der Waals surface area contributed by atoms with Crippen LogP contribution in [0.15, 0.2) is 60.7 Å². The zero-order valence-electron chi connectivity index (χ0n) is 12.0. The first-order chi connectivity index (χ1) is 9.93. The fourth-order valence-electron chi connectivity index (χ4n) is 3.22. The molecule has 0 bridgehead atoms. The summed E-state index contributed by atoms with van der Waals surface area (Å²) < 4.78 is 0. The van der Waals surface area contributed by atoms with Crippen molar-refractivity contribution < 1.29 is 0 Å². The Labute approximate surface area is 124 Å². The minimum Gasteiger partial charge on any atom is -0.0677 e. The van der Waals surface area contributed by atoms with Gasteiger partial charge in [0.25, 0.3) is 0 Å². The molecule has 1 fully saturated rings. The van der Waals surface area contributed by atoms with Crippen molar-refractivity contribution in [3.8, 4) is 0 Å². The molecule has 0 radical (unpaired) electrons. The van der Waals surface area contributed by atoms with Crippen molar-refractivity contribution in [2.45, 2.75) is 43.9 Å². The molecular formula is C19H23P. The molecule has 0 heterocycles. The zero-order valence-corrected chi connectivity index (χ0v) is 12.9. The first-order valence-electron chi connectivity index (χ1n) is 7.79. The summed E-state index contributed by atoms with van der Waals surface area (Å²) in [7, 11) is -0.0502. The average molecular weight is 282 g/mol. The van der Waals surface area contributed by atoms with Crippen LogP contribution in [0, 0.1) is 0 Å². The van der Waals surface area contributed by atoms with E-state index < -0.39 is 0 Å². The predicted octanol–water partition coefficient (Wildman–Crippen LogP) is 5.33. The van der Waals surface area contributed by atoms with Crippen molar-refractivity contribution in [2.75, 3.05) is 0 Å². The van der Waals surface area contributed by atoms with Crippen LogP contribution >= 0.6 is 7.92 Å². The van der Waals surface area contributed by atoms with E-state index in [1.165, 1.54) is 43.8 Å². The third-order valence-corrected chi connectivity index (χ3v) is 7.36. The Hall–Kier alpha value is -1.13. The molecule has 104 valence electrons. The lowest BCUT2D eigenvalue weighted by molar-refractivity contribution is 0.511. The Kier molecular flexibility index (Phi) is 4.87. The normalized spacial score (nSPS) is 17.8. The van der Waals surface area contributed by atoms with Crippen LogP contribution in [-0.4, -0.2) is 5.66 Å². The summed E-state index contributed by atoms with van der Waals surface area (Å²) in [6, 6.07) is 22.3. The third-order valence-electron chi connectivity index (χ3n) is 4.30. The molecule has 0 nitrogen and oxygen atoms in total. The summed E-state index contributed by atoms with van der Waals surface area (Å²) in [4.78, 5) is 0. The van der Waals surface area contributed by atoms with Gasteiger partial charge in [-0.05, 0) is 35.5 Å².